The van der Waals surface area contributed by atoms with Gasteiger partial charge < -0.3 is 0 Å². The van der Waals surface area contributed by atoms with E-state index in [4.69, 9.17) is 0 Å². The van der Waals surface area contributed by atoms with Crippen LogP contribution in [0.25, 0.3) is 0 Å². The van der Waals surface area contributed by atoms with Crippen LogP contribution in [-0.4, -0.2) is 11.5 Å². The van der Waals surface area contributed by atoms with E-state index < -0.39 is 0 Å². The van der Waals surface area contributed by atoms with Gasteiger partial charge in [0.05, 0.1) is 0 Å². The first-order valence-electron chi connectivity index (χ1n) is 8.02. The molecule has 1 aromatic rings. The summed E-state index contributed by atoms with van der Waals surface area (Å²) in [5.41, 5.74) is 3.89. The molecule has 0 saturated carbocycles. The number of carbonyl (C=O) groups excluding carboxylic acids is 1. The van der Waals surface area contributed by atoms with Gasteiger partial charge in [0.1, 0.15) is 0 Å². The van der Waals surface area contributed by atoms with Gasteiger partial charge in [-0.2, -0.15) is 0 Å². The first-order valence-corrected chi connectivity index (χ1v) is 9.00. The minimum atomic E-state index is 0.0819. The smallest absolute Gasteiger partial charge is 0.162 e. The largest absolute Gasteiger partial charge is 0.294 e. The molecule has 116 valence electrons. The van der Waals surface area contributed by atoms with E-state index in [-0.39, 0.29) is 10.8 Å². The van der Waals surface area contributed by atoms with Gasteiger partial charge >= 0.3 is 0 Å². The van der Waals surface area contributed by atoms with E-state index in [2.05, 4.69) is 53.7 Å². The van der Waals surface area contributed by atoms with Crippen molar-refractivity contribution in [2.45, 2.75) is 76.5 Å². The lowest BCUT2D eigenvalue weighted by atomic mass is 9.79. The van der Waals surface area contributed by atoms with Crippen molar-refractivity contribution < 1.29 is 4.79 Å². The van der Waals surface area contributed by atoms with Gasteiger partial charge in [-0.1, -0.05) is 48.0 Å². The normalized spacial score (nSPS) is 16.9. The Morgan fingerprint density at radius 1 is 1.29 bits per heavy atom. The van der Waals surface area contributed by atoms with Crippen molar-refractivity contribution in [3.63, 3.8) is 0 Å². The number of rotatable bonds is 4. The van der Waals surface area contributed by atoms with Crippen molar-refractivity contribution in [1.82, 2.24) is 0 Å². The fourth-order valence-electron chi connectivity index (χ4n) is 2.82. The number of thioether (sulfide) groups is 1. The molecule has 0 unspecified atom stereocenters. The van der Waals surface area contributed by atoms with Crippen LogP contribution in [0, 0.1) is 0 Å². The first-order chi connectivity index (χ1) is 9.66. The molecule has 0 aliphatic carbocycles. The van der Waals surface area contributed by atoms with Crippen molar-refractivity contribution in [3.8, 4) is 0 Å². The molecule has 2 heteroatoms. The van der Waals surface area contributed by atoms with E-state index in [9.17, 15) is 4.79 Å². The Hall–Kier alpha value is -0.760. The number of unbranched alkanes of at least 4 members (excludes halogenated alkanes) is 1. The topological polar surface area (TPSA) is 17.1 Å². The molecule has 0 N–H and O–H groups in total. The Morgan fingerprint density at radius 3 is 2.52 bits per heavy atom. The highest BCUT2D eigenvalue weighted by molar-refractivity contribution is 7.99. The third-order valence-corrected chi connectivity index (χ3v) is 5.88. The number of hydrogen-bond donors (Lipinski definition) is 0. The average molecular weight is 304 g/mol. The van der Waals surface area contributed by atoms with E-state index in [1.54, 1.807) is 0 Å². The SMILES string of the molecule is CCCCC(=O)c1cc(C(C)(C)C)c2c(c1)C(C)(C)CS2. The predicted octanol–water partition coefficient (Wildman–Crippen LogP) is 5.74. The van der Waals surface area contributed by atoms with Crippen LogP contribution in [0.1, 0.15) is 82.3 Å². The zero-order valence-corrected chi connectivity index (χ0v) is 15.1. The molecule has 1 heterocycles. The highest BCUT2D eigenvalue weighted by Gasteiger charge is 2.35. The first kappa shape index (κ1) is 16.6. The Labute approximate surface area is 133 Å². The molecular formula is C19H28OS. The highest BCUT2D eigenvalue weighted by atomic mass is 32.2. The van der Waals surface area contributed by atoms with Gasteiger partial charge in [0, 0.05) is 28.0 Å². The predicted molar refractivity (Wildman–Crippen MR) is 92.7 cm³/mol. The van der Waals surface area contributed by atoms with E-state index >= 15 is 0 Å². The lowest BCUT2D eigenvalue weighted by Gasteiger charge is -2.25. The van der Waals surface area contributed by atoms with Crippen LogP contribution in [0.5, 0.6) is 0 Å². The number of ketones is 1. The number of carbonyl (C=O) groups is 1. The van der Waals surface area contributed by atoms with Crippen molar-refractivity contribution in [1.29, 1.82) is 0 Å². The molecule has 0 aromatic heterocycles. The molecule has 1 nitrogen and oxygen atoms in total. The summed E-state index contributed by atoms with van der Waals surface area (Å²) in [6, 6.07) is 4.33. The number of fused-ring (bicyclic) bond motifs is 1. The monoisotopic (exact) mass is 304 g/mol. The molecular weight excluding hydrogens is 276 g/mol. The van der Waals surface area contributed by atoms with E-state index in [1.165, 1.54) is 16.0 Å². The summed E-state index contributed by atoms with van der Waals surface area (Å²) in [4.78, 5) is 13.9. The average Bonchev–Trinajstić information content (AvgIpc) is 2.70. The van der Waals surface area contributed by atoms with Crippen LogP contribution >= 0.6 is 11.8 Å². The standard InChI is InChI=1S/C19H28OS/c1-7-8-9-16(20)13-10-14(18(2,3)4)17-15(11-13)19(5,6)12-21-17/h10-11H,7-9,12H2,1-6H3. The Kier molecular flexibility index (Phi) is 4.58. The second kappa shape index (κ2) is 5.79. The van der Waals surface area contributed by atoms with Crippen molar-refractivity contribution >= 4 is 17.5 Å². The number of benzene rings is 1. The van der Waals surface area contributed by atoms with E-state index in [0.29, 0.717) is 12.2 Å². The minimum absolute atomic E-state index is 0.0819. The summed E-state index contributed by atoms with van der Waals surface area (Å²) < 4.78 is 0. The summed E-state index contributed by atoms with van der Waals surface area (Å²) in [5.74, 6) is 1.41. The van der Waals surface area contributed by atoms with Gasteiger partial charge in [-0.3, -0.25) is 4.79 Å². The fraction of sp³-hybridized carbons (Fsp3) is 0.632. The molecule has 0 saturated heterocycles. The third-order valence-electron chi connectivity index (χ3n) is 4.28. The molecule has 1 aliphatic heterocycles. The molecule has 21 heavy (non-hydrogen) atoms. The van der Waals surface area contributed by atoms with Crippen LogP contribution in [0.15, 0.2) is 17.0 Å². The molecule has 2 rings (SSSR count). The fourth-order valence-corrected chi connectivity index (χ4v) is 4.49. The van der Waals surface area contributed by atoms with Gasteiger partial charge in [0.25, 0.3) is 0 Å². The second-order valence-electron chi connectivity index (χ2n) is 7.85. The van der Waals surface area contributed by atoms with Crippen molar-refractivity contribution in [3.05, 3.63) is 28.8 Å². The maximum absolute atomic E-state index is 12.5. The molecule has 0 radical (unpaired) electrons. The van der Waals surface area contributed by atoms with Crippen LogP contribution in [-0.2, 0) is 10.8 Å². The van der Waals surface area contributed by atoms with Crippen LogP contribution in [0.3, 0.4) is 0 Å². The lowest BCUT2D eigenvalue weighted by Crippen LogP contribution is -2.19. The number of Topliss-reactive ketones (excluding diaryl/α,β-unsaturated/α-hetero) is 1. The summed E-state index contributed by atoms with van der Waals surface area (Å²) in [6.45, 7) is 13.5. The minimum Gasteiger partial charge on any atom is -0.294 e. The van der Waals surface area contributed by atoms with Crippen LogP contribution in [0.2, 0.25) is 0 Å². The molecule has 0 spiro atoms. The summed E-state index contributed by atoms with van der Waals surface area (Å²) in [6.07, 6.45) is 2.73. The maximum atomic E-state index is 12.5. The molecule has 0 bridgehead atoms. The highest BCUT2D eigenvalue weighted by Crippen LogP contribution is 2.48. The van der Waals surface area contributed by atoms with Gasteiger partial charge in [0.15, 0.2) is 5.78 Å². The van der Waals surface area contributed by atoms with Crippen LogP contribution in [0.4, 0.5) is 0 Å². The maximum Gasteiger partial charge on any atom is 0.162 e. The Bertz CT molecular complexity index is 549. The third kappa shape index (κ3) is 3.36. The quantitative estimate of drug-likeness (QED) is 0.660. The van der Waals surface area contributed by atoms with Crippen molar-refractivity contribution in [2.24, 2.45) is 0 Å². The number of hydrogen-bond acceptors (Lipinski definition) is 2. The molecule has 0 atom stereocenters. The lowest BCUT2D eigenvalue weighted by molar-refractivity contribution is 0.0979. The summed E-state index contributed by atoms with van der Waals surface area (Å²) >= 11 is 1.96. The molecule has 1 aliphatic rings. The van der Waals surface area contributed by atoms with Gasteiger partial charge in [0.2, 0.25) is 0 Å². The molecule has 0 fully saturated rings. The van der Waals surface area contributed by atoms with E-state index in [0.717, 1.165) is 24.2 Å². The molecule has 0 amide bonds. The Morgan fingerprint density at radius 2 is 1.95 bits per heavy atom. The molecule has 1 aromatic carbocycles. The summed E-state index contributed by atoms with van der Waals surface area (Å²) in [7, 11) is 0. The van der Waals surface area contributed by atoms with Gasteiger partial charge in [-0.15, -0.1) is 11.8 Å². The second-order valence-corrected chi connectivity index (χ2v) is 8.84. The van der Waals surface area contributed by atoms with Gasteiger partial charge in [-0.05, 0) is 35.1 Å². The summed E-state index contributed by atoms with van der Waals surface area (Å²) in [5, 5.41) is 0. The zero-order valence-electron chi connectivity index (χ0n) is 14.3. The Balaban J connectivity index is 2.53. The van der Waals surface area contributed by atoms with Gasteiger partial charge in [-0.25, -0.2) is 0 Å². The zero-order chi connectivity index (χ0) is 15.8. The van der Waals surface area contributed by atoms with Crippen molar-refractivity contribution in [2.75, 3.05) is 5.75 Å². The van der Waals surface area contributed by atoms with Crippen LogP contribution < -0.4 is 0 Å². The van der Waals surface area contributed by atoms with E-state index in [1.807, 2.05) is 11.8 Å².